The van der Waals surface area contributed by atoms with Crippen LogP contribution in [0.4, 0.5) is 0 Å². The van der Waals surface area contributed by atoms with Gasteiger partial charge in [-0.05, 0) is 59.8 Å². The van der Waals surface area contributed by atoms with Crippen molar-refractivity contribution in [3.8, 4) is 0 Å². The number of imidazole rings is 1. The number of hydrogen-bond donors (Lipinski definition) is 0. The molecule has 0 spiro atoms. The summed E-state index contributed by atoms with van der Waals surface area (Å²) in [4.78, 5) is 9.45. The minimum absolute atomic E-state index is 0.970. The SMILES string of the molecule is Cc1nc2ccc(I)cc2c2nc3ccccc3n12. The van der Waals surface area contributed by atoms with Crippen molar-refractivity contribution in [1.29, 1.82) is 0 Å². The van der Waals surface area contributed by atoms with Crippen LogP contribution in [0.5, 0.6) is 0 Å². The lowest BCUT2D eigenvalue weighted by Gasteiger charge is -2.05. The van der Waals surface area contributed by atoms with E-state index in [0.717, 1.165) is 33.4 Å². The third-order valence-electron chi connectivity index (χ3n) is 3.37. The van der Waals surface area contributed by atoms with Gasteiger partial charge in [0.15, 0.2) is 0 Å². The summed E-state index contributed by atoms with van der Waals surface area (Å²) < 4.78 is 3.33. The average molecular weight is 359 g/mol. The number of aromatic nitrogens is 3. The van der Waals surface area contributed by atoms with Gasteiger partial charge in [0.2, 0.25) is 0 Å². The van der Waals surface area contributed by atoms with E-state index in [-0.39, 0.29) is 0 Å². The molecule has 3 nitrogen and oxygen atoms in total. The Morgan fingerprint density at radius 3 is 2.74 bits per heavy atom. The molecule has 0 bridgehead atoms. The zero-order valence-electron chi connectivity index (χ0n) is 10.3. The Balaban J connectivity index is 2.35. The van der Waals surface area contributed by atoms with Crippen molar-refractivity contribution >= 4 is 50.2 Å². The first-order chi connectivity index (χ1) is 9.24. The summed E-state index contributed by atoms with van der Waals surface area (Å²) in [5.41, 5.74) is 4.12. The van der Waals surface area contributed by atoms with E-state index in [1.165, 1.54) is 3.57 Å². The van der Waals surface area contributed by atoms with E-state index in [1.54, 1.807) is 0 Å². The quantitative estimate of drug-likeness (QED) is 0.445. The molecule has 4 aromatic rings. The molecule has 0 saturated heterocycles. The number of fused-ring (bicyclic) bond motifs is 5. The Hall–Kier alpha value is -1.69. The molecule has 92 valence electrons. The second-order valence-corrected chi connectivity index (χ2v) is 5.83. The Labute approximate surface area is 123 Å². The molecule has 0 aliphatic rings. The van der Waals surface area contributed by atoms with Crippen molar-refractivity contribution in [2.75, 3.05) is 0 Å². The van der Waals surface area contributed by atoms with Crippen LogP contribution in [0.2, 0.25) is 0 Å². The van der Waals surface area contributed by atoms with Gasteiger partial charge >= 0.3 is 0 Å². The average Bonchev–Trinajstić information content (AvgIpc) is 2.80. The van der Waals surface area contributed by atoms with Gasteiger partial charge in [-0.3, -0.25) is 4.40 Å². The smallest absolute Gasteiger partial charge is 0.148 e. The van der Waals surface area contributed by atoms with Gasteiger partial charge in [0.05, 0.1) is 16.6 Å². The standard InChI is InChI=1S/C15H10IN3/c1-9-17-12-7-6-10(16)8-11(12)15-18-13-4-2-3-5-14(13)19(9)15/h2-8H,1H3. The fraction of sp³-hybridized carbons (Fsp3) is 0.0667. The summed E-state index contributed by atoms with van der Waals surface area (Å²) in [5, 5.41) is 1.11. The fourth-order valence-corrected chi connectivity index (χ4v) is 3.03. The molecule has 0 fully saturated rings. The minimum Gasteiger partial charge on any atom is -0.280 e. The van der Waals surface area contributed by atoms with Crippen LogP contribution in [-0.2, 0) is 0 Å². The van der Waals surface area contributed by atoms with Gasteiger partial charge in [0.25, 0.3) is 0 Å². The van der Waals surface area contributed by atoms with E-state index >= 15 is 0 Å². The first-order valence-electron chi connectivity index (χ1n) is 6.07. The molecular formula is C15H10IN3. The molecule has 0 aliphatic heterocycles. The predicted octanol–water partition coefficient (Wildman–Crippen LogP) is 3.95. The first kappa shape index (κ1) is 11.2. The summed E-state index contributed by atoms with van der Waals surface area (Å²) in [6, 6.07) is 14.5. The minimum atomic E-state index is 0.970. The van der Waals surface area contributed by atoms with Crippen LogP contribution >= 0.6 is 22.6 Å². The summed E-state index contributed by atoms with van der Waals surface area (Å²) in [7, 11) is 0. The lowest BCUT2D eigenvalue weighted by molar-refractivity contribution is 1.04. The number of hydrogen-bond acceptors (Lipinski definition) is 2. The number of aryl methyl sites for hydroxylation is 1. The van der Waals surface area contributed by atoms with E-state index in [9.17, 15) is 0 Å². The van der Waals surface area contributed by atoms with Crippen LogP contribution in [0.3, 0.4) is 0 Å². The second-order valence-electron chi connectivity index (χ2n) is 4.58. The number of rotatable bonds is 0. The van der Waals surface area contributed by atoms with Gasteiger partial charge in [0, 0.05) is 8.96 Å². The van der Waals surface area contributed by atoms with Crippen molar-refractivity contribution in [2.45, 2.75) is 6.92 Å². The van der Waals surface area contributed by atoms with Crippen molar-refractivity contribution in [3.63, 3.8) is 0 Å². The van der Waals surface area contributed by atoms with Gasteiger partial charge in [-0.1, -0.05) is 12.1 Å². The van der Waals surface area contributed by atoms with Gasteiger partial charge in [-0.2, -0.15) is 0 Å². The molecule has 0 unspecified atom stereocenters. The monoisotopic (exact) mass is 359 g/mol. The molecule has 4 heteroatoms. The predicted molar refractivity (Wildman–Crippen MR) is 85.5 cm³/mol. The lowest BCUT2D eigenvalue weighted by atomic mass is 10.2. The summed E-state index contributed by atoms with van der Waals surface area (Å²) >= 11 is 2.32. The van der Waals surface area contributed by atoms with Crippen molar-refractivity contribution in [1.82, 2.24) is 14.4 Å². The number of nitrogens with zero attached hydrogens (tertiary/aromatic N) is 3. The van der Waals surface area contributed by atoms with Crippen LogP contribution < -0.4 is 0 Å². The largest absolute Gasteiger partial charge is 0.280 e. The molecule has 4 rings (SSSR count). The lowest BCUT2D eigenvalue weighted by Crippen LogP contribution is -1.96. The molecule has 19 heavy (non-hydrogen) atoms. The molecule has 0 aliphatic carbocycles. The molecule has 2 aromatic carbocycles. The normalized spacial score (nSPS) is 11.7. The molecule has 2 aromatic heterocycles. The Morgan fingerprint density at radius 2 is 1.84 bits per heavy atom. The highest BCUT2D eigenvalue weighted by molar-refractivity contribution is 14.1. The number of para-hydroxylation sites is 2. The summed E-state index contributed by atoms with van der Waals surface area (Å²) in [6.45, 7) is 2.03. The van der Waals surface area contributed by atoms with Crippen LogP contribution in [0, 0.1) is 10.5 Å². The molecule has 0 amide bonds. The first-order valence-corrected chi connectivity index (χ1v) is 7.15. The van der Waals surface area contributed by atoms with Crippen LogP contribution in [0.25, 0.3) is 27.6 Å². The van der Waals surface area contributed by atoms with E-state index in [4.69, 9.17) is 4.98 Å². The number of benzene rings is 2. The van der Waals surface area contributed by atoms with Crippen molar-refractivity contribution in [3.05, 3.63) is 51.9 Å². The molecule has 2 heterocycles. The highest BCUT2D eigenvalue weighted by Gasteiger charge is 2.11. The van der Waals surface area contributed by atoms with Crippen LogP contribution in [0.1, 0.15) is 5.82 Å². The maximum atomic E-state index is 4.76. The van der Waals surface area contributed by atoms with E-state index < -0.39 is 0 Å². The zero-order valence-corrected chi connectivity index (χ0v) is 12.4. The summed E-state index contributed by atoms with van der Waals surface area (Å²) in [6.07, 6.45) is 0. The summed E-state index contributed by atoms with van der Waals surface area (Å²) in [5.74, 6) is 0.970. The van der Waals surface area contributed by atoms with Gasteiger partial charge in [0.1, 0.15) is 11.5 Å². The maximum Gasteiger partial charge on any atom is 0.148 e. The Kier molecular flexibility index (Phi) is 2.29. The Bertz CT molecular complexity index is 940. The fourth-order valence-electron chi connectivity index (χ4n) is 2.54. The number of halogens is 1. The van der Waals surface area contributed by atoms with Crippen LogP contribution in [0.15, 0.2) is 42.5 Å². The third-order valence-corrected chi connectivity index (χ3v) is 4.04. The van der Waals surface area contributed by atoms with Crippen molar-refractivity contribution in [2.24, 2.45) is 0 Å². The highest BCUT2D eigenvalue weighted by atomic mass is 127. The molecule has 0 N–H and O–H groups in total. The Morgan fingerprint density at radius 1 is 1.00 bits per heavy atom. The zero-order chi connectivity index (χ0) is 13.0. The van der Waals surface area contributed by atoms with Crippen molar-refractivity contribution < 1.29 is 0 Å². The second kappa shape index (κ2) is 3.90. The molecular weight excluding hydrogens is 349 g/mol. The topological polar surface area (TPSA) is 30.2 Å². The van der Waals surface area contributed by atoms with Gasteiger partial charge < -0.3 is 0 Å². The van der Waals surface area contributed by atoms with E-state index in [1.807, 2.05) is 25.1 Å². The van der Waals surface area contributed by atoms with Crippen LogP contribution in [-0.4, -0.2) is 14.4 Å². The molecule has 0 saturated carbocycles. The van der Waals surface area contributed by atoms with Gasteiger partial charge in [-0.25, -0.2) is 9.97 Å². The maximum absolute atomic E-state index is 4.76. The third kappa shape index (κ3) is 1.56. The molecule has 0 atom stereocenters. The highest BCUT2D eigenvalue weighted by Crippen LogP contribution is 2.25. The van der Waals surface area contributed by atoms with Gasteiger partial charge in [-0.15, -0.1) is 0 Å². The van der Waals surface area contributed by atoms with E-state index in [2.05, 4.69) is 56.2 Å². The van der Waals surface area contributed by atoms with E-state index in [0.29, 0.717) is 0 Å². The molecule has 0 radical (unpaired) electrons.